The van der Waals surface area contributed by atoms with Crippen molar-refractivity contribution < 1.29 is 18.0 Å². The van der Waals surface area contributed by atoms with E-state index in [0.29, 0.717) is 29.8 Å². The first kappa shape index (κ1) is 20.2. The predicted octanol–water partition coefficient (Wildman–Crippen LogP) is 3.62. The number of amides is 1. The van der Waals surface area contributed by atoms with Gasteiger partial charge in [-0.3, -0.25) is 9.89 Å². The highest BCUT2D eigenvalue weighted by Gasteiger charge is 2.42. The third kappa shape index (κ3) is 3.70. The lowest BCUT2D eigenvalue weighted by Crippen LogP contribution is -2.44. The van der Waals surface area contributed by atoms with Crippen LogP contribution in [-0.4, -0.2) is 60.0 Å². The van der Waals surface area contributed by atoms with E-state index in [2.05, 4.69) is 25.3 Å². The van der Waals surface area contributed by atoms with E-state index in [9.17, 15) is 18.0 Å². The van der Waals surface area contributed by atoms with Crippen molar-refractivity contribution in [3.8, 4) is 17.1 Å². The number of carbonyl (C=O) groups excluding carboxylic acids is 1. The molecule has 1 amide bonds. The van der Waals surface area contributed by atoms with Crippen molar-refractivity contribution in [2.24, 2.45) is 5.92 Å². The first-order valence-electron chi connectivity index (χ1n) is 10.1. The van der Waals surface area contributed by atoms with E-state index >= 15 is 0 Å². The molecule has 0 radical (unpaired) electrons. The van der Waals surface area contributed by atoms with Crippen LogP contribution in [0.25, 0.3) is 28.1 Å². The highest BCUT2D eigenvalue weighted by atomic mass is 19.4. The molecular weight excluding hydrogens is 423 g/mol. The van der Waals surface area contributed by atoms with Gasteiger partial charge in [-0.1, -0.05) is 0 Å². The summed E-state index contributed by atoms with van der Waals surface area (Å²) in [6.45, 7) is -0.0164. The third-order valence-electron chi connectivity index (χ3n) is 5.63. The number of fused-ring (bicyclic) bond motifs is 1. The monoisotopic (exact) mass is 441 g/mol. The zero-order chi connectivity index (χ0) is 22.3. The summed E-state index contributed by atoms with van der Waals surface area (Å²) in [5, 5.41) is 11.6. The van der Waals surface area contributed by atoms with Crippen LogP contribution in [0, 0.1) is 5.92 Å². The molecule has 5 rings (SSSR count). The molecule has 0 saturated carbocycles. The highest BCUT2D eigenvalue weighted by Crippen LogP contribution is 2.33. The van der Waals surface area contributed by atoms with Gasteiger partial charge in [0.2, 0.25) is 0 Å². The summed E-state index contributed by atoms with van der Waals surface area (Å²) in [4.78, 5) is 22.6. The van der Waals surface area contributed by atoms with E-state index in [1.807, 2.05) is 24.3 Å². The molecule has 4 heterocycles. The van der Waals surface area contributed by atoms with Crippen molar-refractivity contribution in [2.45, 2.75) is 19.0 Å². The minimum atomic E-state index is -4.30. The Balaban J connectivity index is 1.39. The maximum atomic E-state index is 13.1. The second-order valence-electron chi connectivity index (χ2n) is 7.71. The van der Waals surface area contributed by atoms with Gasteiger partial charge in [-0.05, 0) is 43.2 Å². The summed E-state index contributed by atoms with van der Waals surface area (Å²) >= 11 is 0. The van der Waals surface area contributed by atoms with Crippen molar-refractivity contribution in [2.75, 3.05) is 13.1 Å². The quantitative estimate of drug-likeness (QED) is 0.524. The number of hydrogen-bond donors (Lipinski definition) is 1. The van der Waals surface area contributed by atoms with Crippen molar-refractivity contribution in [1.82, 2.24) is 34.8 Å². The number of benzene rings is 1. The molecule has 1 fully saturated rings. The zero-order valence-electron chi connectivity index (χ0n) is 16.8. The zero-order valence-corrected chi connectivity index (χ0v) is 16.8. The number of nitrogens with one attached hydrogen (secondary N) is 1. The smallest absolute Gasteiger partial charge is 0.338 e. The van der Waals surface area contributed by atoms with E-state index < -0.39 is 18.0 Å². The molecule has 0 bridgehead atoms. The summed E-state index contributed by atoms with van der Waals surface area (Å²) in [6.07, 6.45) is 0.479. The Morgan fingerprint density at radius 2 is 1.94 bits per heavy atom. The molecule has 32 heavy (non-hydrogen) atoms. The number of rotatable bonds is 3. The standard InChI is InChI=1S/C21H18F3N7O/c22-21(23,24)16-2-1-7-30(11-16)20(32)15-8-14-10-28-31(19(14)25-9-15)17-5-3-13(4-6-17)18-26-12-27-29-18/h3-6,8-10,12,16H,1-2,7,11H2,(H,26,27,29). The lowest BCUT2D eigenvalue weighted by atomic mass is 9.97. The predicted molar refractivity (Wildman–Crippen MR) is 109 cm³/mol. The lowest BCUT2D eigenvalue weighted by molar-refractivity contribution is -0.184. The van der Waals surface area contributed by atoms with Crippen LogP contribution in [0.4, 0.5) is 13.2 Å². The Labute approximate surface area is 180 Å². The summed E-state index contributed by atoms with van der Waals surface area (Å²) in [5.74, 6) is -1.29. The van der Waals surface area contributed by atoms with Crippen LogP contribution in [0.3, 0.4) is 0 Å². The van der Waals surface area contributed by atoms with E-state index in [4.69, 9.17) is 0 Å². The fraction of sp³-hybridized carbons (Fsp3) is 0.286. The molecule has 4 aromatic rings. The molecule has 1 N–H and O–H groups in total. The van der Waals surface area contributed by atoms with Gasteiger partial charge in [0.15, 0.2) is 11.5 Å². The lowest BCUT2D eigenvalue weighted by Gasteiger charge is -2.33. The Kier molecular flexibility index (Phi) is 4.87. The molecule has 1 aliphatic heterocycles. The summed E-state index contributed by atoms with van der Waals surface area (Å²) in [7, 11) is 0. The fourth-order valence-corrected chi connectivity index (χ4v) is 3.94. The molecule has 0 aliphatic carbocycles. The second kappa shape index (κ2) is 7.74. The number of hydrogen-bond acceptors (Lipinski definition) is 5. The number of alkyl halides is 3. The number of pyridine rings is 1. The van der Waals surface area contributed by atoms with E-state index in [0.717, 1.165) is 11.3 Å². The molecule has 164 valence electrons. The maximum absolute atomic E-state index is 13.1. The van der Waals surface area contributed by atoms with Crippen LogP contribution in [0.1, 0.15) is 23.2 Å². The van der Waals surface area contributed by atoms with Crippen molar-refractivity contribution in [3.05, 3.63) is 54.6 Å². The number of H-pyrrole nitrogens is 1. The van der Waals surface area contributed by atoms with Gasteiger partial charge in [0, 0.05) is 30.2 Å². The van der Waals surface area contributed by atoms with E-state index in [1.165, 1.54) is 17.4 Å². The minimum absolute atomic E-state index is 0.0482. The van der Waals surface area contributed by atoms with Crippen LogP contribution in [0.2, 0.25) is 0 Å². The summed E-state index contributed by atoms with van der Waals surface area (Å²) < 4.78 is 40.9. The molecule has 0 spiro atoms. The first-order chi connectivity index (χ1) is 15.4. The first-order valence-corrected chi connectivity index (χ1v) is 10.1. The van der Waals surface area contributed by atoms with Gasteiger partial charge in [0.05, 0.1) is 23.4 Å². The van der Waals surface area contributed by atoms with Gasteiger partial charge in [-0.15, -0.1) is 0 Å². The number of likely N-dealkylation sites (tertiary alicyclic amines) is 1. The van der Waals surface area contributed by atoms with Gasteiger partial charge >= 0.3 is 6.18 Å². The number of aromatic nitrogens is 6. The molecule has 3 aromatic heterocycles. The molecule has 11 heteroatoms. The average Bonchev–Trinajstić information content (AvgIpc) is 3.48. The summed E-state index contributed by atoms with van der Waals surface area (Å²) in [6, 6.07) is 9.07. The summed E-state index contributed by atoms with van der Waals surface area (Å²) in [5.41, 5.74) is 2.42. The van der Waals surface area contributed by atoms with Crippen molar-refractivity contribution >= 4 is 16.9 Å². The molecule has 1 atom stereocenters. The number of piperidine rings is 1. The molecular formula is C21H18F3N7O. The largest absolute Gasteiger partial charge is 0.393 e. The fourth-order valence-electron chi connectivity index (χ4n) is 3.94. The molecule has 1 unspecified atom stereocenters. The molecule has 1 saturated heterocycles. The number of nitrogens with zero attached hydrogens (tertiary/aromatic N) is 6. The van der Waals surface area contributed by atoms with Crippen LogP contribution in [0.15, 0.2) is 49.1 Å². The Hall–Kier alpha value is -3.76. The van der Waals surface area contributed by atoms with E-state index in [-0.39, 0.29) is 18.5 Å². The maximum Gasteiger partial charge on any atom is 0.393 e. The second-order valence-corrected chi connectivity index (χ2v) is 7.71. The van der Waals surface area contributed by atoms with Crippen molar-refractivity contribution in [1.29, 1.82) is 0 Å². The average molecular weight is 441 g/mol. The van der Waals surface area contributed by atoms with Crippen LogP contribution < -0.4 is 0 Å². The highest BCUT2D eigenvalue weighted by molar-refractivity contribution is 5.97. The van der Waals surface area contributed by atoms with E-state index in [1.54, 1.807) is 16.9 Å². The van der Waals surface area contributed by atoms with Gasteiger partial charge in [-0.25, -0.2) is 14.6 Å². The minimum Gasteiger partial charge on any atom is -0.338 e. The van der Waals surface area contributed by atoms with Gasteiger partial charge in [-0.2, -0.15) is 23.4 Å². The topological polar surface area (TPSA) is 92.6 Å². The van der Waals surface area contributed by atoms with Crippen molar-refractivity contribution in [3.63, 3.8) is 0 Å². The Bertz CT molecular complexity index is 1250. The molecule has 8 nitrogen and oxygen atoms in total. The SMILES string of the molecule is O=C(c1cnc2c(cnn2-c2ccc(-c3ncn[nH]3)cc2)c1)N1CCCC(C(F)(F)F)C1. The van der Waals surface area contributed by atoms with Crippen LogP contribution in [-0.2, 0) is 0 Å². The van der Waals surface area contributed by atoms with Gasteiger partial charge in [0.1, 0.15) is 6.33 Å². The molecule has 1 aliphatic rings. The van der Waals surface area contributed by atoms with Crippen LogP contribution >= 0.6 is 0 Å². The normalized spacial score (nSPS) is 17.1. The number of carbonyl (C=O) groups is 1. The van der Waals surface area contributed by atoms with Crippen LogP contribution in [0.5, 0.6) is 0 Å². The van der Waals surface area contributed by atoms with Gasteiger partial charge in [0.25, 0.3) is 5.91 Å². The Morgan fingerprint density at radius 3 is 2.66 bits per heavy atom. The Morgan fingerprint density at radius 1 is 1.12 bits per heavy atom. The third-order valence-corrected chi connectivity index (χ3v) is 5.63. The van der Waals surface area contributed by atoms with Gasteiger partial charge < -0.3 is 4.90 Å². The number of halogens is 3. The number of aromatic amines is 1. The molecule has 1 aromatic carbocycles.